The van der Waals surface area contributed by atoms with E-state index in [1.54, 1.807) is 0 Å². The van der Waals surface area contributed by atoms with Crippen LogP contribution in [0.15, 0.2) is 32.3 Å². The van der Waals surface area contributed by atoms with Crippen LogP contribution in [0.1, 0.15) is 0 Å². The smallest absolute Gasteiger partial charge is 0.271 e. The van der Waals surface area contributed by atoms with Gasteiger partial charge in [0, 0.05) is 0 Å². The van der Waals surface area contributed by atoms with Crippen LogP contribution in [-0.4, -0.2) is 8.42 Å². The first-order valence-electron chi connectivity index (χ1n) is 4.72. The molecule has 2 rings (SSSR count). The SMILES string of the molecule is O=S(=O)(Nc1cc(F)ccc1Cl)c1cc(Cl)c(Br)s1. The molecule has 0 atom stereocenters. The fraction of sp³-hybridized carbons (Fsp3) is 0. The summed E-state index contributed by atoms with van der Waals surface area (Å²) in [6, 6.07) is 4.71. The van der Waals surface area contributed by atoms with Crippen LogP contribution >= 0.6 is 50.5 Å². The molecule has 19 heavy (non-hydrogen) atoms. The summed E-state index contributed by atoms with van der Waals surface area (Å²) in [5.41, 5.74) is -0.0256. The molecule has 1 aromatic heterocycles. The number of thiophene rings is 1. The van der Waals surface area contributed by atoms with E-state index in [4.69, 9.17) is 23.2 Å². The van der Waals surface area contributed by atoms with Gasteiger partial charge < -0.3 is 0 Å². The largest absolute Gasteiger partial charge is 0.277 e. The minimum atomic E-state index is -3.85. The Kier molecular flexibility index (Phi) is 4.42. The van der Waals surface area contributed by atoms with Gasteiger partial charge in [-0.3, -0.25) is 4.72 Å². The molecule has 0 radical (unpaired) electrons. The van der Waals surface area contributed by atoms with E-state index in [0.29, 0.717) is 3.79 Å². The van der Waals surface area contributed by atoms with E-state index in [-0.39, 0.29) is 19.9 Å². The van der Waals surface area contributed by atoms with Crippen LogP contribution in [0.25, 0.3) is 0 Å². The fourth-order valence-electron chi connectivity index (χ4n) is 1.23. The number of anilines is 1. The molecule has 0 unspecified atom stereocenters. The summed E-state index contributed by atoms with van der Waals surface area (Å²) in [4.78, 5) is 0. The van der Waals surface area contributed by atoms with Crippen LogP contribution in [-0.2, 0) is 10.0 Å². The van der Waals surface area contributed by atoms with E-state index in [0.717, 1.165) is 23.5 Å². The van der Waals surface area contributed by atoms with Crippen molar-refractivity contribution < 1.29 is 12.8 Å². The first-order chi connectivity index (χ1) is 8.79. The van der Waals surface area contributed by atoms with Crippen LogP contribution < -0.4 is 4.72 Å². The molecular formula is C10H5BrCl2FNO2S2. The highest BCUT2D eigenvalue weighted by molar-refractivity contribution is 9.11. The van der Waals surface area contributed by atoms with Gasteiger partial charge in [0.25, 0.3) is 10.0 Å². The van der Waals surface area contributed by atoms with E-state index in [1.165, 1.54) is 12.1 Å². The van der Waals surface area contributed by atoms with Crippen molar-refractivity contribution in [3.63, 3.8) is 0 Å². The first kappa shape index (κ1) is 15.1. The lowest BCUT2D eigenvalue weighted by molar-refractivity contribution is 0.603. The van der Waals surface area contributed by atoms with Gasteiger partial charge in [-0.05, 0) is 40.2 Å². The summed E-state index contributed by atoms with van der Waals surface area (Å²) in [7, 11) is -3.85. The molecule has 0 aliphatic rings. The van der Waals surface area contributed by atoms with Crippen molar-refractivity contribution in [3.05, 3.63) is 43.9 Å². The molecule has 3 nitrogen and oxygen atoms in total. The molecule has 0 aliphatic carbocycles. The summed E-state index contributed by atoms with van der Waals surface area (Å²) >= 11 is 15.7. The van der Waals surface area contributed by atoms with Gasteiger partial charge in [0.15, 0.2) is 0 Å². The average Bonchev–Trinajstić information content (AvgIpc) is 2.65. The Hall–Kier alpha value is -0.340. The molecule has 1 heterocycles. The van der Waals surface area contributed by atoms with Crippen molar-refractivity contribution in [2.24, 2.45) is 0 Å². The highest BCUT2D eigenvalue weighted by Gasteiger charge is 2.20. The third kappa shape index (κ3) is 3.41. The number of hydrogen-bond acceptors (Lipinski definition) is 3. The molecule has 0 aliphatic heterocycles. The van der Waals surface area contributed by atoms with Crippen molar-refractivity contribution >= 4 is 66.2 Å². The maximum atomic E-state index is 13.1. The summed E-state index contributed by atoms with van der Waals surface area (Å²) in [6.07, 6.45) is 0. The molecule has 0 bridgehead atoms. The van der Waals surface area contributed by atoms with Crippen LogP contribution in [0.5, 0.6) is 0 Å². The molecule has 0 saturated heterocycles. The maximum Gasteiger partial charge on any atom is 0.271 e. The average molecular weight is 405 g/mol. The van der Waals surface area contributed by atoms with Crippen LogP contribution in [0, 0.1) is 5.82 Å². The van der Waals surface area contributed by atoms with E-state index in [9.17, 15) is 12.8 Å². The van der Waals surface area contributed by atoms with Crippen molar-refractivity contribution in [2.45, 2.75) is 4.21 Å². The number of halogens is 4. The number of rotatable bonds is 3. The van der Waals surface area contributed by atoms with Crippen LogP contribution in [0.3, 0.4) is 0 Å². The number of nitrogens with one attached hydrogen (secondary N) is 1. The van der Waals surface area contributed by atoms with Crippen LogP contribution in [0.2, 0.25) is 10.0 Å². The van der Waals surface area contributed by atoms with Gasteiger partial charge in [-0.2, -0.15) is 0 Å². The van der Waals surface area contributed by atoms with Gasteiger partial charge in [0.1, 0.15) is 10.0 Å². The lowest BCUT2D eigenvalue weighted by atomic mass is 10.3. The molecule has 0 spiro atoms. The fourth-order valence-corrected chi connectivity index (χ4v) is 4.92. The molecule has 9 heteroatoms. The number of sulfonamides is 1. The van der Waals surface area contributed by atoms with E-state index >= 15 is 0 Å². The zero-order valence-corrected chi connectivity index (χ0v) is 13.7. The van der Waals surface area contributed by atoms with Gasteiger partial charge in [-0.15, -0.1) is 11.3 Å². The molecule has 0 saturated carbocycles. The Labute approximate surface area is 131 Å². The van der Waals surface area contributed by atoms with E-state index in [2.05, 4.69) is 20.7 Å². The highest BCUT2D eigenvalue weighted by atomic mass is 79.9. The Bertz CT molecular complexity index is 714. The zero-order chi connectivity index (χ0) is 14.2. The number of hydrogen-bond donors (Lipinski definition) is 1. The first-order valence-corrected chi connectivity index (χ1v) is 8.57. The monoisotopic (exact) mass is 403 g/mol. The Morgan fingerprint density at radius 1 is 1.21 bits per heavy atom. The van der Waals surface area contributed by atoms with Gasteiger partial charge in [-0.1, -0.05) is 23.2 Å². The molecule has 102 valence electrons. The third-order valence-electron chi connectivity index (χ3n) is 2.06. The lowest BCUT2D eigenvalue weighted by Crippen LogP contribution is -2.11. The van der Waals surface area contributed by atoms with Gasteiger partial charge in [0.2, 0.25) is 0 Å². The second-order valence-electron chi connectivity index (χ2n) is 3.42. The predicted octanol–water partition coefficient (Wildman–Crippen LogP) is 4.76. The van der Waals surface area contributed by atoms with E-state index < -0.39 is 15.8 Å². The summed E-state index contributed by atoms with van der Waals surface area (Å²) < 4.78 is 39.9. The second kappa shape index (κ2) is 5.57. The minimum absolute atomic E-state index is 0.00435. The van der Waals surface area contributed by atoms with Crippen molar-refractivity contribution in [2.75, 3.05) is 4.72 Å². The highest BCUT2D eigenvalue weighted by Crippen LogP contribution is 2.36. The maximum absolute atomic E-state index is 13.1. The molecule has 1 N–H and O–H groups in total. The van der Waals surface area contributed by atoms with Crippen molar-refractivity contribution in [1.29, 1.82) is 0 Å². The van der Waals surface area contributed by atoms with E-state index in [1.807, 2.05) is 0 Å². The van der Waals surface area contributed by atoms with Crippen LogP contribution in [0.4, 0.5) is 10.1 Å². The standard InChI is InChI=1S/C10H5BrCl2FNO2S2/c11-10-7(13)4-9(18-10)19(16,17)15-8-3-5(14)1-2-6(8)12/h1-4,15H. The quantitative estimate of drug-likeness (QED) is 0.801. The summed E-state index contributed by atoms with van der Waals surface area (Å²) in [5, 5.41) is 0.391. The molecule has 0 fully saturated rings. The Morgan fingerprint density at radius 3 is 2.47 bits per heavy atom. The van der Waals surface area contributed by atoms with Crippen molar-refractivity contribution in [3.8, 4) is 0 Å². The molecule has 1 aromatic carbocycles. The Balaban J connectivity index is 2.39. The zero-order valence-electron chi connectivity index (χ0n) is 8.95. The summed E-state index contributed by atoms with van der Waals surface area (Å²) in [5.74, 6) is -0.590. The third-order valence-corrected chi connectivity index (χ3v) is 6.70. The van der Waals surface area contributed by atoms with Gasteiger partial charge >= 0.3 is 0 Å². The molecular weight excluding hydrogens is 400 g/mol. The molecule has 0 amide bonds. The minimum Gasteiger partial charge on any atom is -0.277 e. The predicted molar refractivity (Wildman–Crippen MR) is 79.2 cm³/mol. The normalized spacial score (nSPS) is 11.6. The second-order valence-corrected chi connectivity index (χ2v) is 8.51. The topological polar surface area (TPSA) is 46.2 Å². The lowest BCUT2D eigenvalue weighted by Gasteiger charge is -2.07. The Morgan fingerprint density at radius 2 is 1.89 bits per heavy atom. The van der Waals surface area contributed by atoms with Crippen molar-refractivity contribution in [1.82, 2.24) is 0 Å². The molecule has 2 aromatic rings. The van der Waals surface area contributed by atoms with Gasteiger partial charge in [-0.25, -0.2) is 12.8 Å². The number of benzene rings is 1. The van der Waals surface area contributed by atoms with Gasteiger partial charge in [0.05, 0.1) is 19.5 Å². The summed E-state index contributed by atoms with van der Waals surface area (Å²) in [6.45, 7) is 0.